The third kappa shape index (κ3) is 3.08. The van der Waals surface area contributed by atoms with E-state index >= 15 is 0 Å². The molecule has 0 fully saturated rings. The number of hydrogen-bond acceptors (Lipinski definition) is 1. The van der Waals surface area contributed by atoms with Gasteiger partial charge in [0.1, 0.15) is 0 Å². The molecular formula is C26H28S. The molecule has 138 valence electrons. The van der Waals surface area contributed by atoms with Gasteiger partial charge < -0.3 is 0 Å². The van der Waals surface area contributed by atoms with Crippen molar-refractivity contribution in [1.82, 2.24) is 0 Å². The number of fused-ring (bicyclic) bond motifs is 3. The lowest BCUT2D eigenvalue weighted by Crippen LogP contribution is -2.23. The Morgan fingerprint density at radius 1 is 0.593 bits per heavy atom. The zero-order valence-electron chi connectivity index (χ0n) is 17.2. The Morgan fingerprint density at radius 3 is 1.93 bits per heavy atom. The molecule has 0 bridgehead atoms. The summed E-state index contributed by atoms with van der Waals surface area (Å²) in [6.07, 6.45) is 0. The SMILES string of the molecule is CC(C)(C)c1cccc(-c2cccc3c2sc2ccccc23)c1C(C)(C)C. The third-order valence-electron chi connectivity index (χ3n) is 5.32. The largest absolute Gasteiger partial charge is 0.135 e. The van der Waals surface area contributed by atoms with Crippen LogP contribution in [0.4, 0.5) is 0 Å². The smallest absolute Gasteiger partial charge is 0.0433 e. The van der Waals surface area contributed by atoms with Gasteiger partial charge in [0.25, 0.3) is 0 Å². The van der Waals surface area contributed by atoms with Crippen molar-refractivity contribution in [3.05, 3.63) is 71.8 Å². The van der Waals surface area contributed by atoms with Crippen LogP contribution in [0.3, 0.4) is 0 Å². The first kappa shape index (κ1) is 18.3. The standard InChI is InChI=1S/C26H28S/c1-25(2,3)21-15-10-12-18(23(21)26(4,5)6)20-14-9-13-19-17-11-7-8-16-22(17)27-24(19)20/h7-16H,1-6H3. The van der Waals surface area contributed by atoms with Crippen LogP contribution >= 0.6 is 11.3 Å². The molecule has 4 rings (SSSR count). The molecule has 1 aromatic heterocycles. The minimum atomic E-state index is 0.0814. The zero-order chi connectivity index (χ0) is 19.4. The predicted octanol–water partition coefficient (Wildman–Crippen LogP) is 8.32. The van der Waals surface area contributed by atoms with E-state index in [-0.39, 0.29) is 10.8 Å². The highest BCUT2D eigenvalue weighted by Crippen LogP contribution is 2.45. The van der Waals surface area contributed by atoms with E-state index in [4.69, 9.17) is 0 Å². The van der Waals surface area contributed by atoms with E-state index in [1.807, 2.05) is 11.3 Å². The van der Waals surface area contributed by atoms with E-state index in [1.165, 1.54) is 42.4 Å². The van der Waals surface area contributed by atoms with Crippen LogP contribution in [0.25, 0.3) is 31.3 Å². The van der Waals surface area contributed by atoms with Crippen LogP contribution in [0.2, 0.25) is 0 Å². The minimum Gasteiger partial charge on any atom is -0.135 e. The average molecular weight is 373 g/mol. The summed E-state index contributed by atoms with van der Waals surface area (Å²) in [5.74, 6) is 0. The summed E-state index contributed by atoms with van der Waals surface area (Å²) in [6.45, 7) is 14.0. The van der Waals surface area contributed by atoms with Gasteiger partial charge in [-0.05, 0) is 39.2 Å². The molecule has 1 heterocycles. The molecule has 0 saturated heterocycles. The van der Waals surface area contributed by atoms with Crippen molar-refractivity contribution in [3.8, 4) is 11.1 Å². The van der Waals surface area contributed by atoms with E-state index in [2.05, 4.69) is 102 Å². The Morgan fingerprint density at radius 2 is 1.22 bits per heavy atom. The highest BCUT2D eigenvalue weighted by atomic mass is 32.1. The lowest BCUT2D eigenvalue weighted by Gasteiger charge is -2.32. The molecule has 0 amide bonds. The molecule has 27 heavy (non-hydrogen) atoms. The first-order valence-corrected chi connectivity index (χ1v) is 10.5. The maximum Gasteiger partial charge on any atom is 0.0433 e. The van der Waals surface area contributed by atoms with Gasteiger partial charge in [-0.2, -0.15) is 0 Å². The molecule has 0 radical (unpaired) electrons. The van der Waals surface area contributed by atoms with E-state index in [0.29, 0.717) is 0 Å². The Kier molecular flexibility index (Phi) is 4.20. The molecule has 0 saturated carbocycles. The summed E-state index contributed by atoms with van der Waals surface area (Å²) in [5.41, 5.74) is 5.87. The minimum absolute atomic E-state index is 0.0814. The lowest BCUT2D eigenvalue weighted by molar-refractivity contribution is 0.531. The van der Waals surface area contributed by atoms with Gasteiger partial charge in [0.15, 0.2) is 0 Å². The molecule has 0 aliphatic heterocycles. The molecule has 0 unspecified atom stereocenters. The summed E-state index contributed by atoms with van der Waals surface area (Å²) in [7, 11) is 0. The summed E-state index contributed by atoms with van der Waals surface area (Å²) in [4.78, 5) is 0. The zero-order valence-corrected chi connectivity index (χ0v) is 18.0. The Labute approximate surface area is 166 Å². The molecule has 0 aliphatic carbocycles. The van der Waals surface area contributed by atoms with Crippen molar-refractivity contribution >= 4 is 31.5 Å². The van der Waals surface area contributed by atoms with Crippen molar-refractivity contribution in [2.24, 2.45) is 0 Å². The normalized spacial score (nSPS) is 12.8. The fourth-order valence-electron chi connectivity index (χ4n) is 4.17. The maximum atomic E-state index is 2.34. The molecule has 0 aliphatic rings. The van der Waals surface area contributed by atoms with Gasteiger partial charge in [0.2, 0.25) is 0 Å². The molecule has 1 heteroatoms. The van der Waals surface area contributed by atoms with Gasteiger partial charge >= 0.3 is 0 Å². The quantitative estimate of drug-likeness (QED) is 0.315. The number of thiophene rings is 1. The first-order chi connectivity index (χ1) is 12.7. The summed E-state index contributed by atoms with van der Waals surface area (Å²) < 4.78 is 2.76. The monoisotopic (exact) mass is 372 g/mol. The highest BCUT2D eigenvalue weighted by Gasteiger charge is 2.28. The average Bonchev–Trinajstić information content (AvgIpc) is 2.98. The summed E-state index contributed by atoms with van der Waals surface area (Å²) in [5, 5.41) is 2.73. The molecule has 0 atom stereocenters. The van der Waals surface area contributed by atoms with Gasteiger partial charge in [0, 0.05) is 20.2 Å². The molecule has 0 nitrogen and oxygen atoms in total. The molecule has 3 aromatic carbocycles. The van der Waals surface area contributed by atoms with E-state index in [1.54, 1.807) is 0 Å². The Bertz CT molecular complexity index is 1130. The van der Waals surface area contributed by atoms with Crippen LogP contribution in [0.5, 0.6) is 0 Å². The number of benzene rings is 3. The molecule has 4 aromatic rings. The molecule has 0 N–H and O–H groups in total. The van der Waals surface area contributed by atoms with Crippen LogP contribution in [-0.2, 0) is 10.8 Å². The van der Waals surface area contributed by atoms with Crippen molar-refractivity contribution in [2.45, 2.75) is 52.4 Å². The fraction of sp³-hybridized carbons (Fsp3) is 0.308. The first-order valence-electron chi connectivity index (χ1n) is 9.72. The Hall–Kier alpha value is -2.12. The highest BCUT2D eigenvalue weighted by molar-refractivity contribution is 7.26. The predicted molar refractivity (Wildman–Crippen MR) is 122 cm³/mol. The Balaban J connectivity index is 2.11. The lowest BCUT2D eigenvalue weighted by atomic mass is 9.72. The van der Waals surface area contributed by atoms with Gasteiger partial charge in [-0.3, -0.25) is 0 Å². The third-order valence-corrected chi connectivity index (χ3v) is 6.54. The fourth-order valence-corrected chi connectivity index (χ4v) is 5.40. The van der Waals surface area contributed by atoms with Gasteiger partial charge in [-0.15, -0.1) is 11.3 Å². The maximum absolute atomic E-state index is 2.34. The van der Waals surface area contributed by atoms with Crippen LogP contribution in [-0.4, -0.2) is 0 Å². The van der Waals surface area contributed by atoms with Crippen LogP contribution in [0.15, 0.2) is 60.7 Å². The van der Waals surface area contributed by atoms with E-state index < -0.39 is 0 Å². The van der Waals surface area contributed by atoms with Crippen molar-refractivity contribution in [1.29, 1.82) is 0 Å². The second kappa shape index (κ2) is 6.21. The molecule has 0 spiro atoms. The second-order valence-corrected chi connectivity index (χ2v) is 10.6. The van der Waals surface area contributed by atoms with Crippen LogP contribution in [0, 0.1) is 0 Å². The number of hydrogen-bond donors (Lipinski definition) is 0. The van der Waals surface area contributed by atoms with Crippen molar-refractivity contribution in [2.75, 3.05) is 0 Å². The van der Waals surface area contributed by atoms with Gasteiger partial charge in [-0.1, -0.05) is 96.1 Å². The topological polar surface area (TPSA) is 0 Å². The number of rotatable bonds is 1. The van der Waals surface area contributed by atoms with E-state index in [0.717, 1.165) is 0 Å². The summed E-state index contributed by atoms with van der Waals surface area (Å²) >= 11 is 1.92. The van der Waals surface area contributed by atoms with Crippen molar-refractivity contribution in [3.63, 3.8) is 0 Å². The van der Waals surface area contributed by atoms with Gasteiger partial charge in [-0.25, -0.2) is 0 Å². The summed E-state index contributed by atoms with van der Waals surface area (Å²) in [6, 6.07) is 22.4. The van der Waals surface area contributed by atoms with E-state index in [9.17, 15) is 0 Å². The van der Waals surface area contributed by atoms with Crippen molar-refractivity contribution < 1.29 is 0 Å². The molecular weight excluding hydrogens is 344 g/mol. The van der Waals surface area contributed by atoms with Gasteiger partial charge in [0.05, 0.1) is 0 Å². The van der Waals surface area contributed by atoms with Crippen LogP contribution < -0.4 is 0 Å². The second-order valence-electron chi connectivity index (χ2n) is 9.51. The van der Waals surface area contributed by atoms with Crippen LogP contribution in [0.1, 0.15) is 52.7 Å².